The smallest absolute Gasteiger partial charge is 0.332 e. The second-order valence-electron chi connectivity index (χ2n) is 2.97. The lowest BCUT2D eigenvalue weighted by Crippen LogP contribution is -2.24. The van der Waals surface area contributed by atoms with Crippen LogP contribution >= 0.6 is 15.9 Å². The molecular weight excluding hydrogens is 290 g/mol. The predicted octanol–water partition coefficient (Wildman–Crippen LogP) is 1.47. The van der Waals surface area contributed by atoms with Gasteiger partial charge in [0.25, 0.3) is 0 Å². The fourth-order valence-electron chi connectivity index (χ4n) is 1.18. The number of halogens is 1. The van der Waals surface area contributed by atoms with Gasteiger partial charge < -0.3 is 15.2 Å². The molecule has 0 aliphatic carbocycles. The van der Waals surface area contributed by atoms with Crippen molar-refractivity contribution in [2.45, 2.75) is 0 Å². The molecule has 0 unspecified atom stereocenters. The first kappa shape index (κ1) is 13.3. The lowest BCUT2D eigenvalue weighted by atomic mass is 10.2. The zero-order valence-electron chi connectivity index (χ0n) is 9.36. The van der Waals surface area contributed by atoms with Crippen molar-refractivity contribution < 1.29 is 14.3 Å². The van der Waals surface area contributed by atoms with Crippen molar-refractivity contribution >= 4 is 28.2 Å². The number of carbonyl (C=O) groups excluding carboxylic acids is 1. The van der Waals surface area contributed by atoms with Crippen LogP contribution in [0.3, 0.4) is 0 Å². The molecule has 1 aromatic carbocycles. The molecular formula is C10H12BrN3O3. The number of nitrogens with two attached hydrogens (primary N) is 1. The molecule has 3 N–H and O–H groups in total. The number of rotatable bonds is 4. The van der Waals surface area contributed by atoms with E-state index in [9.17, 15) is 4.79 Å². The molecule has 0 spiro atoms. The average molecular weight is 302 g/mol. The molecule has 92 valence electrons. The normalized spacial score (nSPS) is 10.3. The first-order valence-corrected chi connectivity index (χ1v) is 5.37. The van der Waals surface area contributed by atoms with E-state index >= 15 is 0 Å². The SMILES string of the molecule is COc1cc(C=NNC(N)=O)cc(Br)c1OC. The van der Waals surface area contributed by atoms with Crippen LogP contribution < -0.4 is 20.6 Å². The molecule has 1 rings (SSSR count). The lowest BCUT2D eigenvalue weighted by molar-refractivity contribution is 0.249. The van der Waals surface area contributed by atoms with E-state index in [1.54, 1.807) is 19.2 Å². The number of benzene rings is 1. The van der Waals surface area contributed by atoms with E-state index in [0.717, 1.165) is 10.0 Å². The molecule has 0 bridgehead atoms. The van der Waals surface area contributed by atoms with E-state index in [-0.39, 0.29) is 0 Å². The lowest BCUT2D eigenvalue weighted by Gasteiger charge is -2.10. The summed E-state index contributed by atoms with van der Waals surface area (Å²) in [7, 11) is 3.08. The fraction of sp³-hybridized carbons (Fsp3) is 0.200. The minimum Gasteiger partial charge on any atom is -0.493 e. The number of methoxy groups -OCH3 is 2. The molecule has 0 atom stereocenters. The van der Waals surface area contributed by atoms with Crippen molar-refractivity contribution in [3.05, 3.63) is 22.2 Å². The molecule has 7 heteroatoms. The van der Waals surface area contributed by atoms with Crippen molar-refractivity contribution in [3.63, 3.8) is 0 Å². The third-order valence-electron chi connectivity index (χ3n) is 1.84. The summed E-state index contributed by atoms with van der Waals surface area (Å²) in [6, 6.07) is 2.77. The van der Waals surface area contributed by atoms with Crippen molar-refractivity contribution in [2.24, 2.45) is 10.8 Å². The first-order chi connectivity index (χ1) is 8.08. The Hall–Kier alpha value is -1.76. The van der Waals surface area contributed by atoms with E-state index in [1.165, 1.54) is 13.3 Å². The standard InChI is InChI=1S/C10H12BrN3O3/c1-16-8-4-6(5-13-14-10(12)15)3-7(11)9(8)17-2/h3-5H,1-2H3,(H3,12,14,15). The maximum Gasteiger partial charge on any atom is 0.332 e. The Balaban J connectivity index is 2.99. The van der Waals surface area contributed by atoms with Gasteiger partial charge in [0.2, 0.25) is 0 Å². The Morgan fingerprint density at radius 1 is 1.47 bits per heavy atom. The van der Waals surface area contributed by atoms with Crippen molar-refractivity contribution in [2.75, 3.05) is 14.2 Å². The fourth-order valence-corrected chi connectivity index (χ4v) is 1.80. The van der Waals surface area contributed by atoms with Gasteiger partial charge in [-0.25, -0.2) is 10.2 Å². The number of ether oxygens (including phenoxy) is 2. The highest BCUT2D eigenvalue weighted by Gasteiger charge is 2.09. The van der Waals surface area contributed by atoms with Crippen LogP contribution in [0.15, 0.2) is 21.7 Å². The summed E-state index contributed by atoms with van der Waals surface area (Å²) in [5, 5.41) is 3.65. The Kier molecular flexibility index (Phi) is 4.77. The van der Waals surface area contributed by atoms with E-state index in [4.69, 9.17) is 15.2 Å². The van der Waals surface area contributed by atoms with Gasteiger partial charge in [-0.2, -0.15) is 5.10 Å². The number of hydrogen-bond donors (Lipinski definition) is 2. The van der Waals surface area contributed by atoms with Gasteiger partial charge in [0, 0.05) is 0 Å². The molecule has 1 aromatic rings. The number of nitrogens with zero attached hydrogens (tertiary/aromatic N) is 1. The zero-order chi connectivity index (χ0) is 12.8. The van der Waals surface area contributed by atoms with Crippen LogP contribution in [0.4, 0.5) is 4.79 Å². The summed E-state index contributed by atoms with van der Waals surface area (Å²) in [5.74, 6) is 1.15. The summed E-state index contributed by atoms with van der Waals surface area (Å²) < 4.78 is 11.0. The Morgan fingerprint density at radius 3 is 2.71 bits per heavy atom. The number of nitrogens with one attached hydrogen (secondary N) is 1. The molecule has 0 heterocycles. The summed E-state index contributed by atoms with van der Waals surface area (Å²) >= 11 is 3.34. The van der Waals surface area contributed by atoms with E-state index in [0.29, 0.717) is 11.5 Å². The van der Waals surface area contributed by atoms with Gasteiger partial charge in [0.15, 0.2) is 11.5 Å². The molecule has 0 aliphatic rings. The van der Waals surface area contributed by atoms with Gasteiger partial charge >= 0.3 is 6.03 Å². The summed E-state index contributed by atoms with van der Waals surface area (Å²) in [6.07, 6.45) is 1.44. The van der Waals surface area contributed by atoms with Gasteiger partial charge in [0.1, 0.15) is 0 Å². The van der Waals surface area contributed by atoms with E-state index in [1.807, 2.05) is 0 Å². The monoisotopic (exact) mass is 301 g/mol. The maximum absolute atomic E-state index is 10.4. The number of primary amides is 1. The topological polar surface area (TPSA) is 85.9 Å². The van der Waals surface area contributed by atoms with Crippen molar-refractivity contribution in [3.8, 4) is 11.5 Å². The molecule has 2 amide bonds. The van der Waals surface area contributed by atoms with Crippen LogP contribution in [0.2, 0.25) is 0 Å². The molecule has 0 aromatic heterocycles. The molecule has 6 nitrogen and oxygen atoms in total. The van der Waals surface area contributed by atoms with Gasteiger partial charge in [-0.3, -0.25) is 0 Å². The largest absolute Gasteiger partial charge is 0.493 e. The molecule has 0 aliphatic heterocycles. The van der Waals surface area contributed by atoms with Gasteiger partial charge in [-0.15, -0.1) is 0 Å². The summed E-state index contributed by atoms with van der Waals surface area (Å²) in [6.45, 7) is 0. The maximum atomic E-state index is 10.4. The van der Waals surface area contributed by atoms with Crippen LogP contribution in [-0.2, 0) is 0 Å². The summed E-state index contributed by atoms with van der Waals surface area (Å²) in [4.78, 5) is 10.4. The minimum absolute atomic E-state index is 0.558. The number of amides is 2. The summed E-state index contributed by atoms with van der Waals surface area (Å²) in [5.41, 5.74) is 7.70. The van der Waals surface area contributed by atoms with Crippen molar-refractivity contribution in [1.29, 1.82) is 0 Å². The zero-order valence-corrected chi connectivity index (χ0v) is 10.9. The average Bonchev–Trinajstić information content (AvgIpc) is 2.27. The Labute approximate surface area is 107 Å². The molecule has 17 heavy (non-hydrogen) atoms. The number of hydrogen-bond acceptors (Lipinski definition) is 4. The van der Waals surface area contributed by atoms with Gasteiger partial charge in [0.05, 0.1) is 24.9 Å². The van der Waals surface area contributed by atoms with Gasteiger partial charge in [-0.05, 0) is 33.6 Å². The second-order valence-corrected chi connectivity index (χ2v) is 3.83. The third kappa shape index (κ3) is 3.63. The van der Waals surface area contributed by atoms with Crippen LogP contribution in [0.25, 0.3) is 0 Å². The van der Waals surface area contributed by atoms with E-state index in [2.05, 4.69) is 26.5 Å². The second kappa shape index (κ2) is 6.09. The number of urea groups is 1. The van der Waals surface area contributed by atoms with E-state index < -0.39 is 6.03 Å². The quantitative estimate of drug-likeness (QED) is 0.652. The molecule has 0 fully saturated rings. The number of hydrazone groups is 1. The van der Waals surface area contributed by atoms with Crippen LogP contribution in [0.1, 0.15) is 5.56 Å². The van der Waals surface area contributed by atoms with Gasteiger partial charge in [-0.1, -0.05) is 0 Å². The molecule has 0 radical (unpaired) electrons. The first-order valence-electron chi connectivity index (χ1n) is 4.58. The minimum atomic E-state index is -0.721. The Bertz CT molecular complexity index is 449. The van der Waals surface area contributed by atoms with Crippen LogP contribution in [0, 0.1) is 0 Å². The Morgan fingerprint density at radius 2 is 2.18 bits per heavy atom. The van der Waals surface area contributed by atoms with Crippen LogP contribution in [0.5, 0.6) is 11.5 Å². The highest BCUT2D eigenvalue weighted by Crippen LogP contribution is 2.35. The highest BCUT2D eigenvalue weighted by molar-refractivity contribution is 9.10. The predicted molar refractivity (Wildman–Crippen MR) is 67.6 cm³/mol. The van der Waals surface area contributed by atoms with Crippen molar-refractivity contribution in [1.82, 2.24) is 5.43 Å². The highest BCUT2D eigenvalue weighted by atomic mass is 79.9. The number of carbonyl (C=O) groups is 1. The third-order valence-corrected chi connectivity index (χ3v) is 2.43. The van der Waals surface area contributed by atoms with Crippen LogP contribution in [-0.4, -0.2) is 26.5 Å². The molecule has 0 saturated carbocycles. The molecule has 0 saturated heterocycles.